The van der Waals surface area contributed by atoms with Crippen molar-refractivity contribution in [2.24, 2.45) is 0 Å². The lowest BCUT2D eigenvalue weighted by Crippen LogP contribution is -2.35. The van der Waals surface area contributed by atoms with Crippen LogP contribution < -0.4 is 10.0 Å². The van der Waals surface area contributed by atoms with E-state index in [9.17, 15) is 18.0 Å². The van der Waals surface area contributed by atoms with Crippen molar-refractivity contribution < 1.29 is 18.0 Å². The van der Waals surface area contributed by atoms with Crippen LogP contribution >= 0.6 is 11.6 Å². The van der Waals surface area contributed by atoms with E-state index in [1.165, 1.54) is 42.3 Å². The monoisotopic (exact) mass is 457 g/mol. The van der Waals surface area contributed by atoms with Gasteiger partial charge in [-0.25, -0.2) is 8.42 Å². The number of halogens is 1. The first-order valence-corrected chi connectivity index (χ1v) is 11.1. The van der Waals surface area contributed by atoms with E-state index in [2.05, 4.69) is 10.0 Å². The van der Waals surface area contributed by atoms with Crippen LogP contribution in [0.25, 0.3) is 0 Å². The lowest BCUT2D eigenvalue weighted by Gasteiger charge is -2.17. The molecule has 7 nitrogen and oxygen atoms in total. The molecule has 31 heavy (non-hydrogen) atoms. The summed E-state index contributed by atoms with van der Waals surface area (Å²) in [6.07, 6.45) is 0. The van der Waals surface area contributed by atoms with E-state index in [-0.39, 0.29) is 22.9 Å². The third-order valence-electron chi connectivity index (χ3n) is 4.25. The summed E-state index contributed by atoms with van der Waals surface area (Å²) < 4.78 is 27.8. The van der Waals surface area contributed by atoms with Gasteiger partial charge in [-0.15, -0.1) is 0 Å². The fraction of sp³-hybridized carbons (Fsp3) is 0.0909. The van der Waals surface area contributed by atoms with Gasteiger partial charge in [0.05, 0.1) is 17.1 Å². The molecule has 3 rings (SSSR count). The van der Waals surface area contributed by atoms with Crippen molar-refractivity contribution in [1.29, 1.82) is 0 Å². The number of carbonyl (C=O) groups is 2. The average Bonchev–Trinajstić information content (AvgIpc) is 2.73. The van der Waals surface area contributed by atoms with Gasteiger partial charge in [-0.1, -0.05) is 41.9 Å². The summed E-state index contributed by atoms with van der Waals surface area (Å²) in [6, 6.07) is 20.8. The number of likely N-dealkylation sites (N-methyl/N-ethyl adjacent to an activating group) is 1. The van der Waals surface area contributed by atoms with Crippen LogP contribution in [0.3, 0.4) is 0 Å². The van der Waals surface area contributed by atoms with Crippen molar-refractivity contribution in [3.8, 4) is 0 Å². The van der Waals surface area contributed by atoms with Crippen molar-refractivity contribution in [2.45, 2.75) is 4.90 Å². The van der Waals surface area contributed by atoms with E-state index < -0.39 is 15.9 Å². The van der Waals surface area contributed by atoms with Crippen LogP contribution in [-0.2, 0) is 14.8 Å². The summed E-state index contributed by atoms with van der Waals surface area (Å²) in [5.74, 6) is -0.850. The molecule has 0 saturated heterocycles. The minimum Gasteiger partial charge on any atom is -0.332 e. The molecule has 3 aromatic rings. The second kappa shape index (κ2) is 9.63. The molecule has 9 heteroatoms. The molecule has 0 aromatic heterocycles. The molecule has 0 unspecified atom stereocenters. The molecule has 160 valence electrons. The molecule has 0 radical (unpaired) electrons. The predicted molar refractivity (Wildman–Crippen MR) is 121 cm³/mol. The largest absolute Gasteiger partial charge is 0.332 e. The van der Waals surface area contributed by atoms with Crippen LogP contribution in [0.2, 0.25) is 5.02 Å². The molecule has 0 heterocycles. The number of nitrogens with one attached hydrogen (secondary N) is 2. The second-order valence-corrected chi connectivity index (χ2v) is 8.84. The van der Waals surface area contributed by atoms with Gasteiger partial charge in [0.1, 0.15) is 0 Å². The molecule has 0 fully saturated rings. The molecular formula is C22H20ClN3O4S. The van der Waals surface area contributed by atoms with Gasteiger partial charge in [-0.05, 0) is 48.5 Å². The molecule has 0 bridgehead atoms. The number of nitrogens with zero attached hydrogens (tertiary/aromatic N) is 1. The van der Waals surface area contributed by atoms with Crippen molar-refractivity contribution in [1.82, 2.24) is 4.90 Å². The minimum atomic E-state index is -3.93. The number of rotatable bonds is 7. The maximum atomic E-state index is 12.7. The average molecular weight is 458 g/mol. The summed E-state index contributed by atoms with van der Waals surface area (Å²) in [7, 11) is -2.46. The molecule has 2 amide bonds. The Balaban J connectivity index is 1.71. The van der Waals surface area contributed by atoms with E-state index in [0.717, 1.165) is 0 Å². The van der Waals surface area contributed by atoms with Crippen molar-refractivity contribution in [3.05, 3.63) is 89.4 Å². The van der Waals surface area contributed by atoms with Crippen molar-refractivity contribution in [3.63, 3.8) is 0 Å². The SMILES string of the molecule is CN(CC(=O)Nc1ccccc1)C(=O)c1cccc(S(=O)(=O)Nc2cccc(Cl)c2)c1. The van der Waals surface area contributed by atoms with Gasteiger partial charge in [-0.2, -0.15) is 0 Å². The summed E-state index contributed by atoms with van der Waals surface area (Å²) in [5.41, 5.74) is 1.07. The Hall–Kier alpha value is -3.36. The van der Waals surface area contributed by atoms with Gasteiger partial charge < -0.3 is 10.2 Å². The number of hydrogen-bond donors (Lipinski definition) is 2. The standard InChI is InChI=1S/C22H20ClN3O4S/c1-26(15-21(27)24-18-9-3-2-4-10-18)22(28)16-7-5-12-20(13-16)31(29,30)25-19-11-6-8-17(23)14-19/h2-14,25H,15H2,1H3,(H,24,27). The van der Waals surface area contributed by atoms with Crippen LogP contribution in [0.15, 0.2) is 83.8 Å². The molecule has 2 N–H and O–H groups in total. The number of carbonyl (C=O) groups excluding carboxylic acids is 2. The molecule has 0 spiro atoms. The smallest absolute Gasteiger partial charge is 0.261 e. The van der Waals surface area contributed by atoms with Crippen LogP contribution in [0.4, 0.5) is 11.4 Å². The number of sulfonamides is 1. The van der Waals surface area contributed by atoms with Gasteiger partial charge in [0.25, 0.3) is 15.9 Å². The molecule has 0 atom stereocenters. The van der Waals surface area contributed by atoms with Gasteiger partial charge in [-0.3, -0.25) is 14.3 Å². The molecule has 3 aromatic carbocycles. The Morgan fingerprint density at radius 1 is 0.903 bits per heavy atom. The first-order valence-electron chi connectivity index (χ1n) is 9.23. The fourth-order valence-corrected chi connectivity index (χ4v) is 4.08. The maximum absolute atomic E-state index is 12.7. The van der Waals surface area contributed by atoms with E-state index in [1.807, 2.05) is 6.07 Å². The molecule has 0 aliphatic carbocycles. The third kappa shape index (κ3) is 6.07. The Labute approximate surface area is 185 Å². The number of anilines is 2. The van der Waals surface area contributed by atoms with Crippen LogP contribution in [0.5, 0.6) is 0 Å². The summed E-state index contributed by atoms with van der Waals surface area (Å²) in [5, 5.41) is 3.09. The highest BCUT2D eigenvalue weighted by molar-refractivity contribution is 7.92. The Kier molecular flexibility index (Phi) is 6.94. The molecular weight excluding hydrogens is 438 g/mol. The lowest BCUT2D eigenvalue weighted by molar-refractivity contribution is -0.116. The fourth-order valence-electron chi connectivity index (χ4n) is 2.79. The Bertz CT molecular complexity index is 1200. The quantitative estimate of drug-likeness (QED) is 0.563. The van der Waals surface area contributed by atoms with Crippen LogP contribution in [0.1, 0.15) is 10.4 Å². The number of benzene rings is 3. The molecule has 0 aliphatic rings. The highest BCUT2D eigenvalue weighted by atomic mass is 35.5. The summed E-state index contributed by atoms with van der Waals surface area (Å²) >= 11 is 5.90. The molecule has 0 aliphatic heterocycles. The highest BCUT2D eigenvalue weighted by Gasteiger charge is 2.19. The first-order chi connectivity index (χ1) is 14.7. The summed E-state index contributed by atoms with van der Waals surface area (Å²) in [6.45, 7) is -0.189. The van der Waals surface area contributed by atoms with Crippen LogP contribution in [-0.4, -0.2) is 38.7 Å². The van der Waals surface area contributed by atoms with E-state index in [1.54, 1.807) is 42.5 Å². The lowest BCUT2D eigenvalue weighted by atomic mass is 10.2. The Morgan fingerprint density at radius 2 is 1.58 bits per heavy atom. The van der Waals surface area contributed by atoms with Crippen molar-refractivity contribution >= 4 is 44.8 Å². The van der Waals surface area contributed by atoms with E-state index in [0.29, 0.717) is 16.4 Å². The topological polar surface area (TPSA) is 95.6 Å². The zero-order chi connectivity index (χ0) is 22.4. The predicted octanol–water partition coefficient (Wildman–Crippen LogP) is 3.85. The maximum Gasteiger partial charge on any atom is 0.261 e. The van der Waals surface area contributed by atoms with Gasteiger partial charge in [0, 0.05) is 23.3 Å². The van der Waals surface area contributed by atoms with Gasteiger partial charge >= 0.3 is 0 Å². The Morgan fingerprint density at radius 3 is 2.29 bits per heavy atom. The number of amides is 2. The number of hydrogen-bond acceptors (Lipinski definition) is 4. The minimum absolute atomic E-state index is 0.0829. The van der Waals surface area contributed by atoms with Crippen molar-refractivity contribution in [2.75, 3.05) is 23.6 Å². The van der Waals surface area contributed by atoms with E-state index >= 15 is 0 Å². The number of para-hydroxylation sites is 1. The molecule has 0 saturated carbocycles. The zero-order valence-electron chi connectivity index (χ0n) is 16.6. The first kappa shape index (κ1) is 22.3. The van der Waals surface area contributed by atoms with Gasteiger partial charge in [0.15, 0.2) is 0 Å². The van der Waals surface area contributed by atoms with E-state index in [4.69, 9.17) is 11.6 Å². The highest BCUT2D eigenvalue weighted by Crippen LogP contribution is 2.20. The van der Waals surface area contributed by atoms with Crippen LogP contribution in [0, 0.1) is 0 Å². The third-order valence-corrected chi connectivity index (χ3v) is 5.87. The van der Waals surface area contributed by atoms with Gasteiger partial charge in [0.2, 0.25) is 5.91 Å². The second-order valence-electron chi connectivity index (χ2n) is 6.72. The summed E-state index contributed by atoms with van der Waals surface area (Å²) in [4.78, 5) is 26.1. The zero-order valence-corrected chi connectivity index (χ0v) is 18.2. The normalized spacial score (nSPS) is 10.9.